The monoisotopic (exact) mass is 367 g/mol. The molecule has 0 saturated heterocycles. The number of anilines is 3. The van der Waals surface area contributed by atoms with Crippen LogP contribution in [0.4, 0.5) is 17.1 Å². The summed E-state index contributed by atoms with van der Waals surface area (Å²) in [7, 11) is 0. The Morgan fingerprint density at radius 2 is 1.92 bits per heavy atom. The summed E-state index contributed by atoms with van der Waals surface area (Å²) in [5, 5.41) is 6.60. The molecule has 2 N–H and O–H groups in total. The number of rotatable bonds is 6. The lowest BCUT2D eigenvalue weighted by molar-refractivity contribution is 0.102. The van der Waals surface area contributed by atoms with Crippen LogP contribution >= 0.6 is 11.6 Å². The lowest BCUT2D eigenvalue weighted by Crippen LogP contribution is -2.13. The molecule has 1 heterocycles. The number of benzene rings is 2. The first-order chi connectivity index (χ1) is 12.7. The molecule has 0 aliphatic carbocycles. The van der Waals surface area contributed by atoms with Crippen LogP contribution in [0.2, 0.25) is 5.02 Å². The maximum atomic E-state index is 12.4. The number of nitrogens with zero attached hydrogens (tertiary/aromatic N) is 1. The molecular weight excluding hydrogens is 350 g/mol. The van der Waals surface area contributed by atoms with Crippen LogP contribution in [0.3, 0.4) is 0 Å². The van der Waals surface area contributed by atoms with Gasteiger partial charge in [-0.1, -0.05) is 29.8 Å². The number of amides is 1. The first kappa shape index (κ1) is 17.8. The number of hydrogen-bond donors (Lipinski definition) is 2. The Morgan fingerprint density at radius 3 is 2.73 bits per heavy atom. The van der Waals surface area contributed by atoms with Gasteiger partial charge in [-0.25, -0.2) is 0 Å². The van der Waals surface area contributed by atoms with Crippen LogP contribution in [0, 0.1) is 0 Å². The number of pyridine rings is 1. The zero-order chi connectivity index (χ0) is 18.4. The number of para-hydroxylation sites is 2. The molecular formula is C20H18ClN3O2. The van der Waals surface area contributed by atoms with E-state index >= 15 is 0 Å². The Morgan fingerprint density at radius 1 is 1.08 bits per heavy atom. The number of carbonyl (C=O) groups excluding carboxylic acids is 1. The molecule has 0 fully saturated rings. The molecule has 132 valence electrons. The van der Waals surface area contributed by atoms with Gasteiger partial charge < -0.3 is 15.4 Å². The number of aromatic nitrogens is 1. The number of nitrogens with one attached hydrogen (secondary N) is 2. The molecule has 5 nitrogen and oxygen atoms in total. The van der Waals surface area contributed by atoms with Gasteiger partial charge in [-0.05, 0) is 49.4 Å². The van der Waals surface area contributed by atoms with E-state index in [4.69, 9.17) is 16.3 Å². The Hall–Kier alpha value is -3.05. The van der Waals surface area contributed by atoms with Crippen molar-refractivity contribution >= 4 is 34.6 Å². The van der Waals surface area contributed by atoms with Crippen LogP contribution in [0.1, 0.15) is 17.4 Å². The van der Waals surface area contributed by atoms with E-state index in [0.717, 1.165) is 17.1 Å². The molecule has 2 aromatic carbocycles. The predicted molar refractivity (Wildman–Crippen MR) is 105 cm³/mol. The fourth-order valence-electron chi connectivity index (χ4n) is 2.40. The second-order valence-electron chi connectivity index (χ2n) is 5.45. The summed E-state index contributed by atoms with van der Waals surface area (Å²) >= 11 is 5.94. The van der Waals surface area contributed by atoms with Crippen LogP contribution in [0.25, 0.3) is 0 Å². The highest BCUT2D eigenvalue weighted by Gasteiger charge is 2.10. The smallest absolute Gasteiger partial charge is 0.274 e. The van der Waals surface area contributed by atoms with Crippen molar-refractivity contribution in [2.45, 2.75) is 6.92 Å². The molecule has 0 aliphatic rings. The van der Waals surface area contributed by atoms with Crippen molar-refractivity contribution in [3.8, 4) is 5.75 Å². The maximum absolute atomic E-state index is 12.4. The first-order valence-corrected chi connectivity index (χ1v) is 8.55. The van der Waals surface area contributed by atoms with Crippen molar-refractivity contribution in [3.63, 3.8) is 0 Å². The third-order valence-electron chi connectivity index (χ3n) is 3.54. The molecule has 0 spiro atoms. The summed E-state index contributed by atoms with van der Waals surface area (Å²) in [5.74, 6) is 0.436. The van der Waals surface area contributed by atoms with Crippen molar-refractivity contribution in [3.05, 3.63) is 77.6 Å². The van der Waals surface area contributed by atoms with E-state index in [1.165, 1.54) is 0 Å². The fraction of sp³-hybridized carbons (Fsp3) is 0.100. The van der Waals surface area contributed by atoms with E-state index < -0.39 is 0 Å². The van der Waals surface area contributed by atoms with Gasteiger partial charge in [0.05, 0.1) is 12.3 Å². The Kier molecular flexibility index (Phi) is 5.71. The summed E-state index contributed by atoms with van der Waals surface area (Å²) in [6.45, 7) is 2.50. The third kappa shape index (κ3) is 4.52. The summed E-state index contributed by atoms with van der Waals surface area (Å²) in [6, 6.07) is 18.1. The lowest BCUT2D eigenvalue weighted by Gasteiger charge is -2.12. The highest BCUT2D eigenvalue weighted by atomic mass is 35.5. The van der Waals surface area contributed by atoms with Crippen LogP contribution < -0.4 is 15.4 Å². The normalized spacial score (nSPS) is 10.2. The van der Waals surface area contributed by atoms with Gasteiger partial charge in [0.25, 0.3) is 5.91 Å². The van der Waals surface area contributed by atoms with Crippen molar-refractivity contribution in [2.75, 3.05) is 17.2 Å². The molecule has 6 heteroatoms. The van der Waals surface area contributed by atoms with E-state index in [-0.39, 0.29) is 5.91 Å². The standard InChI is InChI=1S/C20H18ClN3O2/c1-2-26-19-9-4-3-8-17(19)23-16-10-11-22-18(13-16)20(25)24-15-7-5-6-14(21)12-15/h3-13H,2H2,1H3,(H,22,23)(H,24,25). The molecule has 3 rings (SSSR count). The van der Waals surface area contributed by atoms with Crippen LogP contribution in [0.5, 0.6) is 5.75 Å². The van der Waals surface area contributed by atoms with Gasteiger partial charge in [-0.3, -0.25) is 9.78 Å². The van der Waals surface area contributed by atoms with Crippen molar-refractivity contribution in [1.82, 2.24) is 4.98 Å². The maximum Gasteiger partial charge on any atom is 0.274 e. The second kappa shape index (κ2) is 8.36. The largest absolute Gasteiger partial charge is 0.492 e. The number of ether oxygens (including phenoxy) is 1. The molecule has 0 atom stereocenters. The number of hydrogen-bond acceptors (Lipinski definition) is 4. The minimum Gasteiger partial charge on any atom is -0.492 e. The molecule has 26 heavy (non-hydrogen) atoms. The SMILES string of the molecule is CCOc1ccccc1Nc1ccnc(C(=O)Nc2cccc(Cl)c2)c1. The summed E-state index contributed by atoms with van der Waals surface area (Å²) in [6.07, 6.45) is 1.58. The van der Waals surface area contributed by atoms with Gasteiger partial charge in [-0.15, -0.1) is 0 Å². The van der Waals surface area contributed by atoms with E-state index in [1.54, 1.807) is 42.6 Å². The fourth-order valence-corrected chi connectivity index (χ4v) is 2.59. The summed E-state index contributed by atoms with van der Waals surface area (Å²) in [4.78, 5) is 16.6. The van der Waals surface area contributed by atoms with Crippen LogP contribution in [-0.4, -0.2) is 17.5 Å². The summed E-state index contributed by atoms with van der Waals surface area (Å²) < 4.78 is 5.61. The lowest BCUT2D eigenvalue weighted by atomic mass is 10.2. The molecule has 3 aromatic rings. The van der Waals surface area contributed by atoms with Crippen molar-refractivity contribution in [1.29, 1.82) is 0 Å². The zero-order valence-corrected chi connectivity index (χ0v) is 15.0. The van der Waals surface area contributed by atoms with Gasteiger partial charge in [0.1, 0.15) is 11.4 Å². The minimum atomic E-state index is -0.311. The second-order valence-corrected chi connectivity index (χ2v) is 5.88. The predicted octanol–water partition coefficient (Wildman–Crippen LogP) is 5.13. The van der Waals surface area contributed by atoms with Crippen LogP contribution in [0.15, 0.2) is 66.9 Å². The van der Waals surface area contributed by atoms with E-state index in [9.17, 15) is 4.79 Å². The number of carbonyl (C=O) groups is 1. The average Bonchev–Trinajstić information content (AvgIpc) is 2.64. The minimum absolute atomic E-state index is 0.295. The third-order valence-corrected chi connectivity index (χ3v) is 3.78. The van der Waals surface area contributed by atoms with E-state index in [1.807, 2.05) is 31.2 Å². The highest BCUT2D eigenvalue weighted by Crippen LogP contribution is 2.27. The molecule has 0 aliphatic heterocycles. The quantitative estimate of drug-likeness (QED) is 0.634. The van der Waals surface area contributed by atoms with E-state index in [0.29, 0.717) is 23.0 Å². The Bertz CT molecular complexity index is 915. The van der Waals surface area contributed by atoms with Crippen molar-refractivity contribution < 1.29 is 9.53 Å². The number of halogens is 1. The molecule has 0 unspecified atom stereocenters. The van der Waals surface area contributed by atoms with Gasteiger partial charge in [0.2, 0.25) is 0 Å². The average molecular weight is 368 g/mol. The van der Waals surface area contributed by atoms with Gasteiger partial charge in [-0.2, -0.15) is 0 Å². The van der Waals surface area contributed by atoms with Crippen LogP contribution in [-0.2, 0) is 0 Å². The molecule has 1 aromatic heterocycles. The molecule has 0 bridgehead atoms. The van der Waals surface area contributed by atoms with Gasteiger partial charge in [0.15, 0.2) is 0 Å². The van der Waals surface area contributed by atoms with Crippen molar-refractivity contribution in [2.24, 2.45) is 0 Å². The Labute approximate surface area is 157 Å². The molecule has 0 saturated carbocycles. The molecule has 0 radical (unpaired) electrons. The summed E-state index contributed by atoms with van der Waals surface area (Å²) in [5.41, 5.74) is 2.47. The topological polar surface area (TPSA) is 63.2 Å². The first-order valence-electron chi connectivity index (χ1n) is 8.17. The van der Waals surface area contributed by atoms with E-state index in [2.05, 4.69) is 15.6 Å². The highest BCUT2D eigenvalue weighted by molar-refractivity contribution is 6.30. The Balaban J connectivity index is 1.77. The van der Waals surface area contributed by atoms with Gasteiger partial charge in [0, 0.05) is 22.6 Å². The zero-order valence-electron chi connectivity index (χ0n) is 14.2. The van der Waals surface area contributed by atoms with Gasteiger partial charge >= 0.3 is 0 Å². The molecule has 1 amide bonds.